The van der Waals surface area contributed by atoms with E-state index in [1.54, 1.807) is 11.8 Å². The van der Waals surface area contributed by atoms with E-state index in [9.17, 15) is 8.42 Å². The van der Waals surface area contributed by atoms with E-state index in [0.29, 0.717) is 12.1 Å². The molecule has 3 rings (SSSR count). The minimum absolute atomic E-state index is 0.0153. The topological polar surface area (TPSA) is 46.6 Å². The second kappa shape index (κ2) is 6.23. The van der Waals surface area contributed by atoms with Gasteiger partial charge in [-0.25, -0.2) is 5.06 Å². The smallest absolute Gasteiger partial charge is 0.201 e. The molecule has 0 saturated carbocycles. The van der Waals surface area contributed by atoms with Gasteiger partial charge in [-0.3, -0.25) is 0 Å². The van der Waals surface area contributed by atoms with E-state index < -0.39 is 10.1 Å². The molecule has 0 aliphatic carbocycles. The highest BCUT2D eigenvalue weighted by Crippen LogP contribution is 2.51. The Hall–Kier alpha value is -1.02. The van der Waals surface area contributed by atoms with Crippen LogP contribution in [-0.4, -0.2) is 14.2 Å². The van der Waals surface area contributed by atoms with Gasteiger partial charge in [-0.15, -0.1) is 4.28 Å². The minimum Gasteiger partial charge on any atom is -0.201 e. The summed E-state index contributed by atoms with van der Waals surface area (Å²) in [5, 5.41) is 1.41. The van der Waals surface area contributed by atoms with Gasteiger partial charge in [0, 0.05) is 14.3 Å². The molecule has 0 N–H and O–H groups in total. The summed E-state index contributed by atoms with van der Waals surface area (Å²) in [5.74, 6) is -0.0153. The molecule has 7 heteroatoms. The number of nitrogens with zero attached hydrogens (tertiary/aromatic N) is 1. The predicted octanol–water partition coefficient (Wildman–Crippen LogP) is 4.72. The van der Waals surface area contributed by atoms with Gasteiger partial charge in [-0.05, 0) is 46.6 Å². The maximum Gasteiger partial charge on any atom is 0.288 e. The summed E-state index contributed by atoms with van der Waals surface area (Å²) in [6.45, 7) is 1.81. The molecular formula is C15H14BrNO3S2. The van der Waals surface area contributed by atoms with Crippen LogP contribution < -0.4 is 5.06 Å². The third-order valence-corrected chi connectivity index (χ3v) is 6.14. The van der Waals surface area contributed by atoms with Crippen molar-refractivity contribution in [3.05, 3.63) is 46.9 Å². The quantitative estimate of drug-likeness (QED) is 0.743. The van der Waals surface area contributed by atoms with Crippen LogP contribution in [0.5, 0.6) is 0 Å². The van der Waals surface area contributed by atoms with Crippen LogP contribution in [0.4, 0.5) is 11.4 Å². The monoisotopic (exact) mass is 399 g/mol. The van der Waals surface area contributed by atoms with Gasteiger partial charge in [-0.2, -0.15) is 8.42 Å². The van der Waals surface area contributed by atoms with Crippen LogP contribution in [0.25, 0.3) is 0 Å². The third kappa shape index (κ3) is 3.03. The van der Waals surface area contributed by atoms with Gasteiger partial charge in [0.25, 0.3) is 10.1 Å². The molecule has 0 atom stereocenters. The van der Waals surface area contributed by atoms with E-state index in [4.69, 9.17) is 4.28 Å². The molecule has 1 heterocycles. The maximum absolute atomic E-state index is 12.1. The predicted molar refractivity (Wildman–Crippen MR) is 92.0 cm³/mol. The lowest BCUT2D eigenvalue weighted by molar-refractivity contribution is 0.319. The first-order valence-electron chi connectivity index (χ1n) is 6.79. The fraction of sp³-hybridized carbons (Fsp3) is 0.200. The molecule has 4 nitrogen and oxygen atoms in total. The summed E-state index contributed by atoms with van der Waals surface area (Å²) in [5.41, 5.74) is 1.44. The van der Waals surface area contributed by atoms with Gasteiger partial charge < -0.3 is 0 Å². The van der Waals surface area contributed by atoms with Crippen molar-refractivity contribution in [2.24, 2.45) is 0 Å². The SMILES string of the molecule is CCCS(=O)(=O)ON1c2ccccc2Sc2cccc(Br)c21. The molecule has 1 aliphatic heterocycles. The molecule has 1 aliphatic rings. The van der Waals surface area contributed by atoms with Crippen molar-refractivity contribution in [2.45, 2.75) is 23.1 Å². The zero-order valence-electron chi connectivity index (χ0n) is 11.8. The molecule has 0 bridgehead atoms. The Bertz CT molecular complexity index is 808. The molecule has 0 radical (unpaired) electrons. The lowest BCUT2D eigenvalue weighted by Crippen LogP contribution is -2.26. The van der Waals surface area contributed by atoms with E-state index in [0.717, 1.165) is 20.0 Å². The van der Waals surface area contributed by atoms with E-state index >= 15 is 0 Å². The Balaban J connectivity index is 2.12. The van der Waals surface area contributed by atoms with Crippen molar-refractivity contribution in [3.8, 4) is 0 Å². The number of halogens is 1. The maximum atomic E-state index is 12.1. The first kappa shape index (κ1) is 15.9. The highest BCUT2D eigenvalue weighted by atomic mass is 79.9. The van der Waals surface area contributed by atoms with Crippen molar-refractivity contribution < 1.29 is 12.7 Å². The molecule has 22 heavy (non-hydrogen) atoms. The average molecular weight is 400 g/mol. The van der Waals surface area contributed by atoms with Gasteiger partial charge >= 0.3 is 0 Å². The van der Waals surface area contributed by atoms with Gasteiger partial charge in [0.2, 0.25) is 0 Å². The number of benzene rings is 2. The minimum atomic E-state index is -3.64. The van der Waals surface area contributed by atoms with Crippen LogP contribution in [0, 0.1) is 0 Å². The van der Waals surface area contributed by atoms with E-state index in [-0.39, 0.29) is 5.75 Å². The van der Waals surface area contributed by atoms with E-state index in [1.807, 2.05) is 49.4 Å². The van der Waals surface area contributed by atoms with Gasteiger partial charge in [0.15, 0.2) is 0 Å². The molecule has 116 valence electrons. The van der Waals surface area contributed by atoms with Crippen LogP contribution >= 0.6 is 27.7 Å². The lowest BCUT2D eigenvalue weighted by Gasteiger charge is -2.31. The Morgan fingerprint density at radius 2 is 1.86 bits per heavy atom. The number of rotatable bonds is 4. The normalized spacial score (nSPS) is 13.6. The Morgan fingerprint density at radius 1 is 1.14 bits per heavy atom. The van der Waals surface area contributed by atoms with Crippen LogP contribution in [0.15, 0.2) is 56.7 Å². The number of fused-ring (bicyclic) bond motifs is 2. The zero-order valence-corrected chi connectivity index (χ0v) is 15.0. The van der Waals surface area contributed by atoms with Gasteiger partial charge in [-0.1, -0.05) is 36.9 Å². The van der Waals surface area contributed by atoms with Crippen molar-refractivity contribution in [1.82, 2.24) is 0 Å². The summed E-state index contributed by atoms with van der Waals surface area (Å²) in [6, 6.07) is 13.3. The Kier molecular flexibility index (Phi) is 4.49. The van der Waals surface area contributed by atoms with Crippen molar-refractivity contribution >= 4 is 49.2 Å². The van der Waals surface area contributed by atoms with Crippen molar-refractivity contribution in [2.75, 3.05) is 10.8 Å². The molecule has 0 fully saturated rings. The Labute approximate surface area is 142 Å². The highest BCUT2D eigenvalue weighted by molar-refractivity contribution is 9.10. The second-order valence-corrected chi connectivity index (χ2v) is 8.40. The standard InChI is InChI=1S/C15H14BrNO3S2/c1-2-10-22(18,19)20-17-12-7-3-4-8-13(12)21-14-9-5-6-11(16)15(14)17/h3-9H,2,10H2,1H3. The fourth-order valence-electron chi connectivity index (χ4n) is 2.20. The average Bonchev–Trinajstić information content (AvgIpc) is 2.46. The second-order valence-electron chi connectivity index (χ2n) is 4.79. The largest absolute Gasteiger partial charge is 0.288 e. The number of hydrogen-bond acceptors (Lipinski definition) is 5. The number of para-hydroxylation sites is 2. The lowest BCUT2D eigenvalue weighted by atomic mass is 10.2. The highest BCUT2D eigenvalue weighted by Gasteiger charge is 2.29. The van der Waals surface area contributed by atoms with Gasteiger partial charge in [0.1, 0.15) is 0 Å². The van der Waals surface area contributed by atoms with Crippen LogP contribution in [0.1, 0.15) is 13.3 Å². The number of anilines is 2. The first-order valence-corrected chi connectivity index (χ1v) is 9.98. The van der Waals surface area contributed by atoms with Crippen LogP contribution in [0.2, 0.25) is 0 Å². The molecule has 0 amide bonds. The molecule has 0 unspecified atom stereocenters. The third-order valence-electron chi connectivity index (χ3n) is 3.10. The summed E-state index contributed by atoms with van der Waals surface area (Å²) in [6.07, 6.45) is 0.509. The van der Waals surface area contributed by atoms with Crippen molar-refractivity contribution in [1.29, 1.82) is 0 Å². The summed E-state index contributed by atoms with van der Waals surface area (Å²) >= 11 is 5.08. The van der Waals surface area contributed by atoms with Gasteiger partial charge in [0.05, 0.1) is 17.1 Å². The van der Waals surface area contributed by atoms with Crippen molar-refractivity contribution in [3.63, 3.8) is 0 Å². The molecule has 0 aromatic heterocycles. The molecule has 0 saturated heterocycles. The van der Waals surface area contributed by atoms with Crippen LogP contribution in [-0.2, 0) is 14.4 Å². The van der Waals surface area contributed by atoms with Crippen LogP contribution in [0.3, 0.4) is 0 Å². The fourth-order valence-corrected chi connectivity index (χ4v) is 4.89. The summed E-state index contributed by atoms with van der Waals surface area (Å²) in [4.78, 5) is 1.90. The first-order chi connectivity index (χ1) is 10.5. The Morgan fingerprint density at radius 3 is 2.64 bits per heavy atom. The molecular weight excluding hydrogens is 386 g/mol. The molecule has 0 spiro atoms. The summed E-state index contributed by atoms with van der Waals surface area (Å²) < 4.78 is 30.5. The molecule has 2 aromatic rings. The van der Waals surface area contributed by atoms with E-state index in [2.05, 4.69) is 15.9 Å². The number of hydrogen-bond donors (Lipinski definition) is 0. The summed E-state index contributed by atoms with van der Waals surface area (Å²) in [7, 11) is -3.64. The zero-order chi connectivity index (χ0) is 15.7. The van der Waals surface area contributed by atoms with E-state index in [1.165, 1.54) is 5.06 Å². The molecule has 2 aromatic carbocycles.